The molecule has 0 saturated heterocycles. The van der Waals surface area contributed by atoms with Crippen molar-refractivity contribution in [2.24, 2.45) is 0 Å². The van der Waals surface area contributed by atoms with E-state index in [1.54, 1.807) is 0 Å². The van der Waals surface area contributed by atoms with Crippen LogP contribution in [0.25, 0.3) is 0 Å². The Morgan fingerprint density at radius 3 is 3.13 bits per heavy atom. The van der Waals surface area contributed by atoms with Crippen molar-refractivity contribution in [1.82, 2.24) is 0 Å². The SMILES string of the molecule is CCCCOC(=O)CCC1=CC=CPO1. The molecule has 0 fully saturated rings. The van der Waals surface area contributed by atoms with Gasteiger partial charge in [-0.15, -0.1) is 0 Å². The predicted octanol–water partition coefficient (Wildman–Crippen LogP) is 3.13. The van der Waals surface area contributed by atoms with Gasteiger partial charge in [-0.25, -0.2) is 0 Å². The topological polar surface area (TPSA) is 35.5 Å². The molecular formula is C11H17O3P. The van der Waals surface area contributed by atoms with Crippen LogP contribution in [0.1, 0.15) is 32.6 Å². The first-order valence-corrected chi connectivity index (χ1v) is 6.25. The van der Waals surface area contributed by atoms with Crippen LogP contribution in [0.2, 0.25) is 0 Å². The molecule has 1 atom stereocenters. The van der Waals surface area contributed by atoms with Crippen LogP contribution in [0.3, 0.4) is 0 Å². The number of ether oxygens (including phenoxy) is 1. The first-order chi connectivity index (χ1) is 7.33. The zero-order chi connectivity index (χ0) is 10.9. The van der Waals surface area contributed by atoms with Crippen molar-refractivity contribution in [1.29, 1.82) is 0 Å². The summed E-state index contributed by atoms with van der Waals surface area (Å²) in [5.74, 6) is 2.71. The predicted molar refractivity (Wildman–Crippen MR) is 61.7 cm³/mol. The van der Waals surface area contributed by atoms with E-state index in [4.69, 9.17) is 9.26 Å². The minimum Gasteiger partial charge on any atom is -0.477 e. The van der Waals surface area contributed by atoms with Gasteiger partial charge in [0.15, 0.2) is 0 Å². The van der Waals surface area contributed by atoms with Gasteiger partial charge in [-0.2, -0.15) is 0 Å². The minimum atomic E-state index is -0.133. The van der Waals surface area contributed by atoms with Crippen LogP contribution in [-0.4, -0.2) is 12.6 Å². The van der Waals surface area contributed by atoms with E-state index in [0.717, 1.165) is 18.6 Å². The third-order valence-corrected chi connectivity index (χ3v) is 2.68. The smallest absolute Gasteiger partial charge is 0.306 e. The molecule has 0 spiro atoms. The quantitative estimate of drug-likeness (QED) is 0.398. The average Bonchev–Trinajstić information content (AvgIpc) is 2.28. The van der Waals surface area contributed by atoms with E-state index < -0.39 is 0 Å². The van der Waals surface area contributed by atoms with Gasteiger partial charge in [0.25, 0.3) is 0 Å². The summed E-state index contributed by atoms with van der Waals surface area (Å²) >= 11 is 0. The van der Waals surface area contributed by atoms with Gasteiger partial charge in [0.1, 0.15) is 5.76 Å². The van der Waals surface area contributed by atoms with Gasteiger partial charge < -0.3 is 9.26 Å². The van der Waals surface area contributed by atoms with E-state index in [2.05, 4.69) is 6.92 Å². The monoisotopic (exact) mass is 228 g/mol. The van der Waals surface area contributed by atoms with Crippen molar-refractivity contribution in [3.63, 3.8) is 0 Å². The highest BCUT2D eigenvalue weighted by Gasteiger charge is 2.06. The molecule has 0 amide bonds. The molecule has 0 N–H and O–H groups in total. The summed E-state index contributed by atoms with van der Waals surface area (Å²) < 4.78 is 10.4. The van der Waals surface area contributed by atoms with E-state index in [1.165, 1.54) is 0 Å². The summed E-state index contributed by atoms with van der Waals surface area (Å²) in [5, 5.41) is 0. The summed E-state index contributed by atoms with van der Waals surface area (Å²) in [6, 6.07) is 0. The van der Waals surface area contributed by atoms with E-state index in [-0.39, 0.29) is 5.97 Å². The van der Waals surface area contributed by atoms with Gasteiger partial charge in [0.2, 0.25) is 0 Å². The number of unbranched alkanes of at least 4 members (excludes halogenated alkanes) is 1. The summed E-state index contributed by atoms with van der Waals surface area (Å²) in [6.45, 7) is 2.61. The lowest BCUT2D eigenvalue weighted by atomic mass is 10.2. The lowest BCUT2D eigenvalue weighted by Gasteiger charge is -2.10. The van der Waals surface area contributed by atoms with Gasteiger partial charge in [-0.3, -0.25) is 4.79 Å². The molecule has 1 heterocycles. The normalized spacial score (nSPS) is 15.9. The van der Waals surface area contributed by atoms with Crippen molar-refractivity contribution in [3.05, 3.63) is 23.7 Å². The number of carbonyl (C=O) groups excluding carboxylic acids is 1. The van der Waals surface area contributed by atoms with Crippen molar-refractivity contribution in [3.8, 4) is 0 Å². The average molecular weight is 228 g/mol. The molecule has 1 aliphatic rings. The fourth-order valence-electron chi connectivity index (χ4n) is 1.10. The number of hydrogen-bond donors (Lipinski definition) is 0. The first kappa shape index (κ1) is 12.3. The Kier molecular flexibility index (Phi) is 6.10. The molecule has 1 unspecified atom stereocenters. The largest absolute Gasteiger partial charge is 0.477 e. The number of esters is 1. The maximum absolute atomic E-state index is 11.2. The van der Waals surface area contributed by atoms with Crippen LogP contribution in [-0.2, 0) is 14.1 Å². The minimum absolute atomic E-state index is 0.133. The molecule has 1 rings (SSSR count). The Morgan fingerprint density at radius 1 is 1.60 bits per heavy atom. The molecule has 0 aliphatic carbocycles. The maximum atomic E-state index is 11.2. The summed E-state index contributed by atoms with van der Waals surface area (Å²) in [6.07, 6.45) is 6.90. The van der Waals surface area contributed by atoms with Crippen LogP contribution in [0.5, 0.6) is 0 Å². The second-order valence-corrected chi connectivity index (χ2v) is 4.06. The van der Waals surface area contributed by atoms with E-state index in [1.807, 2.05) is 18.0 Å². The van der Waals surface area contributed by atoms with Crippen molar-refractivity contribution in [2.75, 3.05) is 6.61 Å². The molecule has 3 nitrogen and oxygen atoms in total. The molecule has 0 saturated carbocycles. The fraction of sp³-hybridized carbons (Fsp3) is 0.545. The highest BCUT2D eigenvalue weighted by Crippen LogP contribution is 2.26. The number of allylic oxidation sites excluding steroid dienone is 3. The highest BCUT2D eigenvalue weighted by molar-refractivity contribution is 7.36. The third-order valence-electron chi connectivity index (χ3n) is 1.97. The Morgan fingerprint density at radius 2 is 2.47 bits per heavy atom. The zero-order valence-corrected chi connectivity index (χ0v) is 9.99. The number of hydrogen-bond acceptors (Lipinski definition) is 3. The Labute approximate surface area is 92.4 Å². The second-order valence-electron chi connectivity index (χ2n) is 3.29. The zero-order valence-electron chi connectivity index (χ0n) is 8.99. The van der Waals surface area contributed by atoms with E-state index in [9.17, 15) is 4.79 Å². The molecule has 0 bridgehead atoms. The van der Waals surface area contributed by atoms with Crippen LogP contribution < -0.4 is 0 Å². The van der Waals surface area contributed by atoms with Crippen LogP contribution in [0.15, 0.2) is 23.7 Å². The molecule has 1 aliphatic heterocycles. The maximum Gasteiger partial charge on any atom is 0.306 e. The lowest BCUT2D eigenvalue weighted by molar-refractivity contribution is -0.143. The molecule has 4 heteroatoms. The highest BCUT2D eigenvalue weighted by atomic mass is 31.1. The van der Waals surface area contributed by atoms with Crippen molar-refractivity contribution in [2.45, 2.75) is 32.6 Å². The lowest BCUT2D eigenvalue weighted by Crippen LogP contribution is -2.06. The second kappa shape index (κ2) is 7.47. The third kappa shape index (κ3) is 5.58. The Balaban J connectivity index is 2.10. The summed E-state index contributed by atoms with van der Waals surface area (Å²) in [5.41, 5.74) is 0. The fourth-order valence-corrected chi connectivity index (χ4v) is 1.66. The summed E-state index contributed by atoms with van der Waals surface area (Å²) in [4.78, 5) is 11.2. The molecule has 0 radical (unpaired) electrons. The number of carbonyl (C=O) groups is 1. The van der Waals surface area contributed by atoms with Gasteiger partial charge in [-0.05, 0) is 18.3 Å². The molecule has 15 heavy (non-hydrogen) atoms. The van der Waals surface area contributed by atoms with Gasteiger partial charge in [-0.1, -0.05) is 19.4 Å². The van der Waals surface area contributed by atoms with Crippen molar-refractivity contribution >= 4 is 14.8 Å². The van der Waals surface area contributed by atoms with Crippen LogP contribution in [0.4, 0.5) is 0 Å². The van der Waals surface area contributed by atoms with Gasteiger partial charge in [0, 0.05) is 6.42 Å². The van der Waals surface area contributed by atoms with E-state index in [0.29, 0.717) is 28.3 Å². The van der Waals surface area contributed by atoms with Gasteiger partial charge in [0.05, 0.1) is 21.8 Å². The Bertz CT molecular complexity index is 259. The van der Waals surface area contributed by atoms with Gasteiger partial charge >= 0.3 is 5.97 Å². The molecule has 84 valence electrons. The van der Waals surface area contributed by atoms with E-state index >= 15 is 0 Å². The molecule has 0 aromatic rings. The molecule has 0 aromatic heterocycles. The standard InChI is InChI=1S/C11H17O3P/c1-2-3-8-13-11(12)7-6-10-5-4-9-15-14-10/h4-5,9,15H,2-3,6-8H2,1H3. The van der Waals surface area contributed by atoms with Crippen LogP contribution >= 0.6 is 8.81 Å². The first-order valence-electron chi connectivity index (χ1n) is 5.26. The molecule has 0 aromatic carbocycles. The number of rotatable bonds is 6. The van der Waals surface area contributed by atoms with Crippen molar-refractivity contribution < 1.29 is 14.1 Å². The molecular weight excluding hydrogens is 211 g/mol. The van der Waals surface area contributed by atoms with Crippen LogP contribution in [0, 0.1) is 0 Å². The summed E-state index contributed by atoms with van der Waals surface area (Å²) in [7, 11) is 0.385. The Hall–Kier alpha value is -0.820.